The van der Waals surface area contributed by atoms with E-state index in [1.807, 2.05) is 39.0 Å². The average Bonchev–Trinajstić information content (AvgIpc) is 3.20. The van der Waals surface area contributed by atoms with Crippen LogP contribution in [0.5, 0.6) is 0 Å². The van der Waals surface area contributed by atoms with Gasteiger partial charge in [-0.05, 0) is 30.5 Å². The molecular formula is C20H24BrN3O3. The van der Waals surface area contributed by atoms with Crippen LogP contribution < -0.4 is 10.6 Å². The largest absolute Gasteiger partial charge is 0.324 e. The first kappa shape index (κ1) is 18.6. The smallest absolute Gasteiger partial charge is 0.250 e. The van der Waals surface area contributed by atoms with Gasteiger partial charge in [0.1, 0.15) is 5.54 Å². The monoisotopic (exact) mass is 433 g/mol. The molecular weight excluding hydrogens is 410 g/mol. The van der Waals surface area contributed by atoms with E-state index in [4.69, 9.17) is 0 Å². The van der Waals surface area contributed by atoms with Crippen molar-refractivity contribution in [2.24, 2.45) is 17.8 Å². The van der Waals surface area contributed by atoms with Gasteiger partial charge >= 0.3 is 0 Å². The van der Waals surface area contributed by atoms with Crippen molar-refractivity contribution in [2.75, 3.05) is 11.9 Å². The van der Waals surface area contributed by atoms with E-state index in [0.717, 1.165) is 22.9 Å². The van der Waals surface area contributed by atoms with Crippen LogP contribution >= 0.6 is 15.9 Å². The van der Waals surface area contributed by atoms with Crippen LogP contribution in [0.3, 0.4) is 0 Å². The maximum Gasteiger partial charge on any atom is 0.250 e. The Morgan fingerprint density at radius 1 is 1.22 bits per heavy atom. The highest BCUT2D eigenvalue weighted by Gasteiger charge is 2.70. The van der Waals surface area contributed by atoms with Crippen LogP contribution in [0.15, 0.2) is 22.7 Å². The number of carbonyl (C=O) groups is 3. The molecule has 1 spiro atoms. The predicted octanol–water partition coefficient (Wildman–Crippen LogP) is 2.63. The Morgan fingerprint density at radius 3 is 2.63 bits per heavy atom. The molecule has 1 aromatic rings. The maximum atomic E-state index is 13.3. The van der Waals surface area contributed by atoms with Crippen molar-refractivity contribution in [3.63, 3.8) is 0 Å². The molecule has 0 saturated carbocycles. The lowest BCUT2D eigenvalue weighted by atomic mass is 9.76. The van der Waals surface area contributed by atoms with E-state index in [9.17, 15) is 14.4 Å². The summed E-state index contributed by atoms with van der Waals surface area (Å²) in [4.78, 5) is 41.1. The molecule has 0 aromatic heterocycles. The Labute approximate surface area is 167 Å². The van der Waals surface area contributed by atoms with E-state index in [1.165, 1.54) is 4.90 Å². The first-order valence-electron chi connectivity index (χ1n) is 9.57. The third-order valence-corrected chi connectivity index (χ3v) is 6.65. The van der Waals surface area contributed by atoms with Gasteiger partial charge in [0.2, 0.25) is 17.7 Å². The first-order chi connectivity index (χ1) is 12.8. The zero-order chi connectivity index (χ0) is 19.5. The van der Waals surface area contributed by atoms with Gasteiger partial charge in [-0.2, -0.15) is 0 Å². The molecule has 4 atom stereocenters. The summed E-state index contributed by atoms with van der Waals surface area (Å²) in [6.45, 7) is 6.50. The molecule has 3 aliphatic rings. The van der Waals surface area contributed by atoms with E-state index in [1.54, 1.807) is 0 Å². The van der Waals surface area contributed by atoms with E-state index >= 15 is 0 Å². The number of benzene rings is 1. The topological polar surface area (TPSA) is 78.5 Å². The number of hydrogen-bond donors (Lipinski definition) is 2. The highest BCUT2D eigenvalue weighted by Crippen LogP contribution is 2.54. The summed E-state index contributed by atoms with van der Waals surface area (Å²) in [7, 11) is 0. The van der Waals surface area contributed by atoms with Crippen LogP contribution in [-0.2, 0) is 19.9 Å². The summed E-state index contributed by atoms with van der Waals surface area (Å²) in [6.07, 6.45) is 1.68. The molecule has 0 unspecified atom stereocenters. The van der Waals surface area contributed by atoms with Crippen LogP contribution in [-0.4, -0.2) is 35.2 Å². The van der Waals surface area contributed by atoms with E-state index in [0.29, 0.717) is 12.2 Å². The molecule has 3 heterocycles. The molecule has 1 aromatic carbocycles. The predicted molar refractivity (Wildman–Crippen MR) is 105 cm³/mol. The summed E-state index contributed by atoms with van der Waals surface area (Å²) in [5, 5.41) is 6.36. The second-order valence-electron chi connectivity index (χ2n) is 8.05. The third-order valence-electron chi connectivity index (χ3n) is 6.16. The molecule has 2 fully saturated rings. The molecule has 144 valence electrons. The van der Waals surface area contributed by atoms with Gasteiger partial charge in [-0.1, -0.05) is 43.1 Å². The van der Waals surface area contributed by atoms with Crippen LogP contribution in [0.25, 0.3) is 0 Å². The average molecular weight is 434 g/mol. The van der Waals surface area contributed by atoms with Gasteiger partial charge in [0.15, 0.2) is 0 Å². The minimum atomic E-state index is -1.19. The van der Waals surface area contributed by atoms with Gasteiger partial charge in [-0.3, -0.25) is 24.6 Å². The number of hydrogen-bond acceptors (Lipinski definition) is 4. The summed E-state index contributed by atoms with van der Waals surface area (Å²) in [5.74, 6) is -1.71. The molecule has 2 saturated heterocycles. The van der Waals surface area contributed by atoms with Gasteiger partial charge in [-0.25, -0.2) is 0 Å². The van der Waals surface area contributed by atoms with Crippen molar-refractivity contribution in [1.29, 1.82) is 0 Å². The summed E-state index contributed by atoms with van der Waals surface area (Å²) < 4.78 is 0.836. The lowest BCUT2D eigenvalue weighted by molar-refractivity contribution is -0.143. The van der Waals surface area contributed by atoms with Gasteiger partial charge < -0.3 is 5.32 Å². The molecule has 6 nitrogen and oxygen atoms in total. The van der Waals surface area contributed by atoms with Gasteiger partial charge in [0.05, 0.1) is 11.8 Å². The van der Waals surface area contributed by atoms with Crippen LogP contribution in [0.1, 0.15) is 39.2 Å². The molecule has 27 heavy (non-hydrogen) atoms. The highest BCUT2D eigenvalue weighted by atomic mass is 79.9. The zero-order valence-electron chi connectivity index (χ0n) is 15.7. The second-order valence-corrected chi connectivity index (χ2v) is 8.97. The van der Waals surface area contributed by atoms with Crippen molar-refractivity contribution >= 4 is 39.3 Å². The van der Waals surface area contributed by atoms with Crippen molar-refractivity contribution in [3.8, 4) is 0 Å². The van der Waals surface area contributed by atoms with E-state index in [2.05, 4.69) is 26.6 Å². The number of amides is 3. The van der Waals surface area contributed by atoms with Gasteiger partial charge in [0, 0.05) is 28.3 Å². The summed E-state index contributed by atoms with van der Waals surface area (Å²) in [5.41, 5.74) is 0.261. The zero-order valence-corrected chi connectivity index (χ0v) is 17.3. The molecule has 4 rings (SSSR count). The quantitative estimate of drug-likeness (QED) is 0.715. The SMILES string of the molecule is CCCCN1C(=O)[C@H]2[C@@H](C1=O)[C@]1(N[C@H]2C(C)C)C(=O)Nc2ccc(Br)cc21. The summed E-state index contributed by atoms with van der Waals surface area (Å²) >= 11 is 3.48. The number of imide groups is 1. The van der Waals surface area contributed by atoms with Crippen LogP contribution in [0.4, 0.5) is 5.69 Å². The van der Waals surface area contributed by atoms with Crippen LogP contribution in [0.2, 0.25) is 0 Å². The van der Waals surface area contributed by atoms with Gasteiger partial charge in [0.25, 0.3) is 0 Å². The van der Waals surface area contributed by atoms with E-state index in [-0.39, 0.29) is 29.7 Å². The van der Waals surface area contributed by atoms with Crippen molar-refractivity contribution in [2.45, 2.75) is 45.2 Å². The molecule has 3 amide bonds. The molecule has 0 radical (unpaired) electrons. The van der Waals surface area contributed by atoms with E-state index < -0.39 is 17.4 Å². The number of nitrogens with one attached hydrogen (secondary N) is 2. The first-order valence-corrected chi connectivity index (χ1v) is 10.4. The van der Waals surface area contributed by atoms with Crippen LogP contribution in [0, 0.1) is 17.8 Å². The summed E-state index contributed by atoms with van der Waals surface area (Å²) in [6, 6.07) is 5.35. The number of rotatable bonds is 4. The Morgan fingerprint density at radius 2 is 1.96 bits per heavy atom. The van der Waals surface area contributed by atoms with Crippen molar-refractivity contribution in [3.05, 3.63) is 28.2 Å². The molecule has 0 bridgehead atoms. The molecule has 3 aliphatic heterocycles. The fraction of sp³-hybridized carbons (Fsp3) is 0.550. The minimum absolute atomic E-state index is 0.115. The fourth-order valence-corrected chi connectivity index (χ4v) is 5.24. The number of carbonyl (C=O) groups excluding carboxylic acids is 3. The molecule has 0 aliphatic carbocycles. The molecule has 7 heteroatoms. The molecule has 2 N–H and O–H groups in total. The number of anilines is 1. The maximum absolute atomic E-state index is 13.3. The normalized spacial score (nSPS) is 31.8. The third kappa shape index (κ3) is 2.44. The number of nitrogens with zero attached hydrogens (tertiary/aromatic N) is 1. The number of unbranched alkanes of at least 4 members (excludes halogenated alkanes) is 1. The Balaban J connectivity index is 1.86. The lowest BCUT2D eigenvalue weighted by Crippen LogP contribution is -2.54. The fourth-order valence-electron chi connectivity index (χ4n) is 4.88. The van der Waals surface area contributed by atoms with Crippen molar-refractivity contribution < 1.29 is 14.4 Å². The van der Waals surface area contributed by atoms with Crippen molar-refractivity contribution in [1.82, 2.24) is 10.2 Å². The Kier molecular flexibility index (Phi) is 4.42. The Hall–Kier alpha value is -1.73. The standard InChI is InChI=1S/C20H24BrN3O3/c1-4-5-8-24-17(25)14-15(18(24)26)20(23-16(14)10(2)3)12-9-11(21)6-7-13(12)22-19(20)27/h6-7,9-10,14-16,23H,4-5,8H2,1-3H3,(H,22,27)/t14-,15-,16-,20-/m0/s1. The highest BCUT2D eigenvalue weighted by molar-refractivity contribution is 9.10. The number of likely N-dealkylation sites (tertiary alicyclic amines) is 1. The Bertz CT molecular complexity index is 840. The lowest BCUT2D eigenvalue weighted by Gasteiger charge is -2.30. The second kappa shape index (κ2) is 6.41. The minimum Gasteiger partial charge on any atom is -0.324 e. The number of halogens is 1. The van der Waals surface area contributed by atoms with Gasteiger partial charge in [-0.15, -0.1) is 0 Å². The number of fused-ring (bicyclic) bond motifs is 4.